The highest BCUT2D eigenvalue weighted by Gasteiger charge is 2.47. The zero-order valence-electron chi connectivity index (χ0n) is 9.95. The predicted octanol–water partition coefficient (Wildman–Crippen LogP) is 2.81. The lowest BCUT2D eigenvalue weighted by Gasteiger charge is -2.11. The maximum Gasteiger partial charge on any atom is 0.155 e. The van der Waals surface area contributed by atoms with Crippen molar-refractivity contribution in [3.63, 3.8) is 0 Å². The Balaban J connectivity index is 1.87. The fourth-order valence-electron chi connectivity index (χ4n) is 2.64. The van der Waals surface area contributed by atoms with Crippen LogP contribution in [0, 0.1) is 0 Å². The van der Waals surface area contributed by atoms with Gasteiger partial charge in [-0.2, -0.15) is 5.10 Å². The summed E-state index contributed by atoms with van der Waals surface area (Å²) in [5.74, 6) is 0. The van der Waals surface area contributed by atoms with Gasteiger partial charge in [0, 0.05) is 23.9 Å². The number of fused-ring (bicyclic) bond motifs is 1. The summed E-state index contributed by atoms with van der Waals surface area (Å²) in [6.07, 6.45) is 6.12. The molecule has 0 atom stereocenters. The van der Waals surface area contributed by atoms with Crippen LogP contribution in [0.1, 0.15) is 24.1 Å². The lowest BCUT2D eigenvalue weighted by Crippen LogP contribution is -2.09. The molecule has 0 spiro atoms. The minimum absolute atomic E-state index is 0.134. The first-order valence-corrected chi connectivity index (χ1v) is 6.25. The van der Waals surface area contributed by atoms with Crippen molar-refractivity contribution in [1.82, 2.24) is 14.6 Å². The average molecular weight is 235 g/mol. The van der Waals surface area contributed by atoms with Gasteiger partial charge in [0.15, 0.2) is 5.65 Å². The van der Waals surface area contributed by atoms with Crippen LogP contribution in [-0.4, -0.2) is 14.6 Å². The molecular formula is C15H13N3. The fourth-order valence-corrected chi connectivity index (χ4v) is 2.64. The molecule has 3 nitrogen and oxygen atoms in total. The molecule has 0 bridgehead atoms. The number of hydrogen-bond acceptors (Lipinski definition) is 2. The van der Waals surface area contributed by atoms with Crippen molar-refractivity contribution in [1.29, 1.82) is 0 Å². The van der Waals surface area contributed by atoms with E-state index < -0.39 is 0 Å². The second kappa shape index (κ2) is 3.42. The Kier molecular flexibility index (Phi) is 1.87. The van der Waals surface area contributed by atoms with Crippen molar-refractivity contribution >= 4 is 5.65 Å². The summed E-state index contributed by atoms with van der Waals surface area (Å²) in [5.41, 5.74) is 3.57. The largest absolute Gasteiger partial charge is 0.237 e. The van der Waals surface area contributed by atoms with Gasteiger partial charge < -0.3 is 0 Å². The van der Waals surface area contributed by atoms with Crippen LogP contribution in [0.25, 0.3) is 5.65 Å². The minimum atomic E-state index is 0.134. The van der Waals surface area contributed by atoms with E-state index in [0.29, 0.717) is 0 Å². The van der Waals surface area contributed by atoms with Gasteiger partial charge in [-0.05, 0) is 24.5 Å². The molecule has 1 fully saturated rings. The number of benzene rings is 1. The molecule has 0 unspecified atom stereocenters. The first-order chi connectivity index (χ1) is 8.88. The zero-order chi connectivity index (χ0) is 12.0. The Morgan fingerprint density at radius 2 is 1.89 bits per heavy atom. The molecule has 0 N–H and O–H groups in total. The lowest BCUT2D eigenvalue weighted by atomic mass is 9.93. The van der Waals surface area contributed by atoms with Gasteiger partial charge in [-0.15, -0.1) is 0 Å². The number of aromatic nitrogens is 3. The third-order valence-corrected chi connectivity index (χ3v) is 3.80. The lowest BCUT2D eigenvalue weighted by molar-refractivity contribution is 0.770. The van der Waals surface area contributed by atoms with Crippen molar-refractivity contribution in [3.8, 4) is 0 Å². The maximum absolute atomic E-state index is 4.68. The van der Waals surface area contributed by atoms with E-state index in [1.54, 1.807) is 0 Å². The molecule has 3 heteroatoms. The van der Waals surface area contributed by atoms with E-state index >= 15 is 0 Å². The van der Waals surface area contributed by atoms with Gasteiger partial charge in [0.2, 0.25) is 0 Å². The van der Waals surface area contributed by atoms with E-state index in [2.05, 4.69) is 46.5 Å². The van der Waals surface area contributed by atoms with E-state index in [1.807, 2.05) is 23.0 Å². The number of nitrogens with zero attached hydrogens (tertiary/aromatic N) is 3. The smallest absolute Gasteiger partial charge is 0.155 e. The molecule has 1 saturated carbocycles. The number of hydrogen-bond donors (Lipinski definition) is 0. The van der Waals surface area contributed by atoms with Crippen LogP contribution >= 0.6 is 0 Å². The summed E-state index contributed by atoms with van der Waals surface area (Å²) in [6, 6.07) is 14.7. The molecule has 1 aromatic carbocycles. The van der Waals surface area contributed by atoms with E-state index in [-0.39, 0.29) is 5.41 Å². The van der Waals surface area contributed by atoms with Gasteiger partial charge >= 0.3 is 0 Å². The van der Waals surface area contributed by atoms with E-state index in [0.717, 1.165) is 11.3 Å². The second-order valence-electron chi connectivity index (χ2n) is 4.90. The molecule has 0 saturated heterocycles. The van der Waals surface area contributed by atoms with Gasteiger partial charge in [0.25, 0.3) is 0 Å². The van der Waals surface area contributed by atoms with Crippen LogP contribution in [-0.2, 0) is 5.41 Å². The molecule has 0 amide bonds. The topological polar surface area (TPSA) is 30.2 Å². The Bertz CT molecular complexity index is 663. The molecule has 2 aromatic heterocycles. The van der Waals surface area contributed by atoms with Crippen molar-refractivity contribution in [2.45, 2.75) is 18.3 Å². The summed E-state index contributed by atoms with van der Waals surface area (Å²) in [5, 5.41) is 4.68. The summed E-state index contributed by atoms with van der Waals surface area (Å²) in [6.45, 7) is 0. The molecule has 88 valence electrons. The fraction of sp³-hybridized carbons (Fsp3) is 0.200. The highest BCUT2D eigenvalue weighted by atomic mass is 15.2. The van der Waals surface area contributed by atoms with Crippen molar-refractivity contribution < 1.29 is 0 Å². The first kappa shape index (κ1) is 9.83. The van der Waals surface area contributed by atoms with Crippen LogP contribution in [0.4, 0.5) is 0 Å². The summed E-state index contributed by atoms with van der Waals surface area (Å²) in [7, 11) is 0. The van der Waals surface area contributed by atoms with Crippen molar-refractivity contribution in [3.05, 3.63) is 66.1 Å². The van der Waals surface area contributed by atoms with Crippen LogP contribution in [0.3, 0.4) is 0 Å². The van der Waals surface area contributed by atoms with Gasteiger partial charge in [-0.3, -0.25) is 0 Å². The van der Waals surface area contributed by atoms with E-state index in [4.69, 9.17) is 0 Å². The SMILES string of the molecule is c1ccc(C2(c3cc4ncccn4n3)CC2)cc1. The molecule has 18 heavy (non-hydrogen) atoms. The zero-order valence-corrected chi connectivity index (χ0v) is 9.95. The molecule has 4 rings (SSSR count). The van der Waals surface area contributed by atoms with E-state index in [1.165, 1.54) is 18.4 Å². The Morgan fingerprint density at radius 3 is 2.61 bits per heavy atom. The van der Waals surface area contributed by atoms with Gasteiger partial charge in [-0.1, -0.05) is 30.3 Å². The number of rotatable bonds is 2. The predicted molar refractivity (Wildman–Crippen MR) is 69.4 cm³/mol. The molecule has 0 radical (unpaired) electrons. The molecule has 0 aliphatic heterocycles. The standard InChI is InChI=1S/C15H13N3/c1-2-5-12(6-3-1)15(7-8-15)13-11-14-16-9-4-10-18(14)17-13/h1-6,9-11H,7-8H2. The molecule has 1 aliphatic rings. The summed E-state index contributed by atoms with van der Waals surface area (Å²) in [4.78, 5) is 4.34. The molecular weight excluding hydrogens is 222 g/mol. The molecule has 3 aromatic rings. The van der Waals surface area contributed by atoms with Crippen LogP contribution in [0.5, 0.6) is 0 Å². The minimum Gasteiger partial charge on any atom is -0.237 e. The first-order valence-electron chi connectivity index (χ1n) is 6.25. The third-order valence-electron chi connectivity index (χ3n) is 3.80. The van der Waals surface area contributed by atoms with E-state index in [9.17, 15) is 0 Å². The normalized spacial score (nSPS) is 16.9. The second-order valence-corrected chi connectivity index (χ2v) is 4.90. The third kappa shape index (κ3) is 1.30. The van der Waals surface area contributed by atoms with Crippen LogP contribution in [0.15, 0.2) is 54.9 Å². The summed E-state index contributed by atoms with van der Waals surface area (Å²) >= 11 is 0. The van der Waals surface area contributed by atoms with Gasteiger partial charge in [0.1, 0.15) is 0 Å². The maximum atomic E-state index is 4.68. The average Bonchev–Trinajstić information content (AvgIpc) is 3.13. The highest BCUT2D eigenvalue weighted by Crippen LogP contribution is 2.52. The Hall–Kier alpha value is -2.16. The summed E-state index contributed by atoms with van der Waals surface area (Å²) < 4.78 is 1.86. The monoisotopic (exact) mass is 235 g/mol. The van der Waals surface area contributed by atoms with Crippen LogP contribution < -0.4 is 0 Å². The molecule has 1 aliphatic carbocycles. The van der Waals surface area contributed by atoms with Gasteiger partial charge in [-0.25, -0.2) is 9.50 Å². The highest BCUT2D eigenvalue weighted by molar-refractivity contribution is 5.48. The molecule has 2 heterocycles. The van der Waals surface area contributed by atoms with Crippen molar-refractivity contribution in [2.75, 3.05) is 0 Å². The van der Waals surface area contributed by atoms with Crippen molar-refractivity contribution in [2.24, 2.45) is 0 Å². The quantitative estimate of drug-likeness (QED) is 0.683. The Morgan fingerprint density at radius 1 is 1.06 bits per heavy atom. The van der Waals surface area contributed by atoms with Crippen LogP contribution in [0.2, 0.25) is 0 Å². The Labute approximate surface area is 105 Å². The van der Waals surface area contributed by atoms with Gasteiger partial charge in [0.05, 0.1) is 5.69 Å².